The first kappa shape index (κ1) is 21.2. The summed E-state index contributed by atoms with van der Waals surface area (Å²) in [7, 11) is 0. The van der Waals surface area contributed by atoms with Crippen LogP contribution in [0.3, 0.4) is 0 Å². The molecule has 6 heteroatoms. The molecule has 0 atom stereocenters. The number of hydrogen-bond donors (Lipinski definition) is 2. The summed E-state index contributed by atoms with van der Waals surface area (Å²) in [6.45, 7) is 7.17. The van der Waals surface area contributed by atoms with Crippen LogP contribution in [0.1, 0.15) is 43.8 Å². The van der Waals surface area contributed by atoms with Crippen LogP contribution >= 0.6 is 0 Å². The van der Waals surface area contributed by atoms with Crippen molar-refractivity contribution in [2.45, 2.75) is 27.7 Å². The standard InChI is InChI=1S/C26H24N2O4/c1-15-13-23(17(3)31-15)25(29)27-21-9-5-19(6-10-21)20-7-11-22(12-8-20)28-26(30)24-14-16(2)32-18(24)4/h5-14H,1-4H3,(H,27,29)(H,28,30). The van der Waals surface area contributed by atoms with E-state index >= 15 is 0 Å². The number of amides is 2. The number of furan rings is 2. The summed E-state index contributed by atoms with van der Waals surface area (Å²) in [5.74, 6) is 2.21. The maximum absolute atomic E-state index is 12.4. The quantitative estimate of drug-likeness (QED) is 0.392. The topological polar surface area (TPSA) is 84.5 Å². The molecule has 4 aromatic rings. The van der Waals surface area contributed by atoms with Gasteiger partial charge in [0, 0.05) is 11.4 Å². The van der Waals surface area contributed by atoms with Crippen LogP contribution in [0.25, 0.3) is 11.1 Å². The fourth-order valence-corrected chi connectivity index (χ4v) is 3.60. The maximum Gasteiger partial charge on any atom is 0.259 e. The molecule has 162 valence electrons. The molecule has 2 N–H and O–H groups in total. The molecule has 6 nitrogen and oxygen atoms in total. The highest BCUT2D eigenvalue weighted by molar-refractivity contribution is 6.05. The molecule has 0 aliphatic rings. The van der Waals surface area contributed by atoms with Crippen molar-refractivity contribution in [2.24, 2.45) is 0 Å². The average Bonchev–Trinajstić information content (AvgIpc) is 3.29. The zero-order chi connectivity index (χ0) is 22.8. The van der Waals surface area contributed by atoms with Crippen LogP contribution in [-0.4, -0.2) is 11.8 Å². The van der Waals surface area contributed by atoms with Crippen LogP contribution in [0.5, 0.6) is 0 Å². The van der Waals surface area contributed by atoms with Gasteiger partial charge in [-0.1, -0.05) is 24.3 Å². The van der Waals surface area contributed by atoms with Gasteiger partial charge in [0.2, 0.25) is 0 Å². The lowest BCUT2D eigenvalue weighted by Gasteiger charge is -2.08. The monoisotopic (exact) mass is 428 g/mol. The number of nitrogens with one attached hydrogen (secondary N) is 2. The molecule has 2 amide bonds. The molecule has 0 saturated carbocycles. The van der Waals surface area contributed by atoms with E-state index in [9.17, 15) is 9.59 Å². The second-order valence-corrected chi connectivity index (χ2v) is 7.72. The van der Waals surface area contributed by atoms with Gasteiger partial charge in [-0.25, -0.2) is 0 Å². The Labute approximate surface area is 186 Å². The van der Waals surface area contributed by atoms with Gasteiger partial charge < -0.3 is 19.5 Å². The van der Waals surface area contributed by atoms with E-state index in [1.807, 2.05) is 62.4 Å². The van der Waals surface area contributed by atoms with Gasteiger partial charge >= 0.3 is 0 Å². The van der Waals surface area contributed by atoms with E-state index in [2.05, 4.69) is 10.6 Å². The fraction of sp³-hybridized carbons (Fsp3) is 0.154. The van der Waals surface area contributed by atoms with Crippen molar-refractivity contribution in [3.05, 3.63) is 94.8 Å². The van der Waals surface area contributed by atoms with Crippen molar-refractivity contribution in [1.82, 2.24) is 0 Å². The summed E-state index contributed by atoms with van der Waals surface area (Å²) in [6, 6.07) is 18.6. The van der Waals surface area contributed by atoms with Crippen LogP contribution in [0.15, 0.2) is 69.5 Å². The second kappa shape index (κ2) is 8.59. The minimum atomic E-state index is -0.199. The predicted octanol–water partition coefficient (Wildman–Crippen LogP) is 6.28. The van der Waals surface area contributed by atoms with Crippen LogP contribution < -0.4 is 10.6 Å². The van der Waals surface area contributed by atoms with Crippen LogP contribution in [0, 0.1) is 27.7 Å². The van der Waals surface area contributed by atoms with Gasteiger partial charge in [0.1, 0.15) is 23.0 Å². The highest BCUT2D eigenvalue weighted by atomic mass is 16.3. The molecule has 0 fully saturated rings. The highest BCUT2D eigenvalue weighted by Crippen LogP contribution is 2.25. The Morgan fingerprint density at radius 1 is 0.594 bits per heavy atom. The Kier molecular flexibility index (Phi) is 5.69. The average molecular weight is 428 g/mol. The van der Waals surface area contributed by atoms with Gasteiger partial charge in [-0.2, -0.15) is 0 Å². The molecular formula is C26H24N2O4. The molecule has 2 aromatic heterocycles. The normalized spacial score (nSPS) is 10.8. The van der Waals surface area contributed by atoms with Crippen molar-refractivity contribution < 1.29 is 18.4 Å². The number of carbonyl (C=O) groups is 2. The first-order valence-electron chi connectivity index (χ1n) is 10.3. The van der Waals surface area contributed by atoms with Crippen LogP contribution in [0.2, 0.25) is 0 Å². The zero-order valence-corrected chi connectivity index (χ0v) is 18.4. The van der Waals surface area contributed by atoms with E-state index in [0.29, 0.717) is 45.5 Å². The molecule has 0 aliphatic carbocycles. The summed E-state index contributed by atoms with van der Waals surface area (Å²) in [5, 5.41) is 5.78. The van der Waals surface area contributed by atoms with Gasteiger partial charge in [0.25, 0.3) is 11.8 Å². The molecule has 2 heterocycles. The lowest BCUT2D eigenvalue weighted by molar-refractivity contribution is 0.101. The minimum absolute atomic E-state index is 0.199. The number of rotatable bonds is 5. The smallest absolute Gasteiger partial charge is 0.259 e. The van der Waals surface area contributed by atoms with Gasteiger partial charge in [0.05, 0.1) is 11.1 Å². The highest BCUT2D eigenvalue weighted by Gasteiger charge is 2.15. The number of anilines is 2. The second-order valence-electron chi connectivity index (χ2n) is 7.72. The Morgan fingerprint density at radius 3 is 1.22 bits per heavy atom. The molecule has 0 aliphatic heterocycles. The molecule has 2 aromatic carbocycles. The largest absolute Gasteiger partial charge is 0.466 e. The molecule has 0 saturated heterocycles. The van der Waals surface area contributed by atoms with Crippen molar-refractivity contribution in [2.75, 3.05) is 10.6 Å². The summed E-state index contributed by atoms with van der Waals surface area (Å²) in [6.07, 6.45) is 0. The van der Waals surface area contributed by atoms with E-state index in [1.165, 1.54) is 0 Å². The van der Waals surface area contributed by atoms with Crippen LogP contribution in [-0.2, 0) is 0 Å². The number of carbonyl (C=O) groups excluding carboxylic acids is 2. The van der Waals surface area contributed by atoms with Crippen molar-refractivity contribution in [3.8, 4) is 11.1 Å². The van der Waals surface area contributed by atoms with Crippen LogP contribution in [0.4, 0.5) is 11.4 Å². The third kappa shape index (κ3) is 4.49. The maximum atomic E-state index is 12.4. The third-order valence-corrected chi connectivity index (χ3v) is 5.19. The Balaban J connectivity index is 1.42. The molecule has 4 rings (SSSR count). The first-order chi connectivity index (χ1) is 15.3. The fourth-order valence-electron chi connectivity index (χ4n) is 3.60. The van der Waals surface area contributed by atoms with E-state index in [0.717, 1.165) is 11.1 Å². The zero-order valence-electron chi connectivity index (χ0n) is 18.4. The van der Waals surface area contributed by atoms with Gasteiger partial charge in [0.15, 0.2) is 0 Å². The molecule has 0 bridgehead atoms. The summed E-state index contributed by atoms with van der Waals surface area (Å²) in [4.78, 5) is 24.9. The summed E-state index contributed by atoms with van der Waals surface area (Å²) < 4.78 is 10.8. The van der Waals surface area contributed by atoms with Crippen molar-refractivity contribution in [1.29, 1.82) is 0 Å². The molecule has 32 heavy (non-hydrogen) atoms. The Hall–Kier alpha value is -4.06. The minimum Gasteiger partial charge on any atom is -0.466 e. The predicted molar refractivity (Wildman–Crippen MR) is 124 cm³/mol. The van der Waals surface area contributed by atoms with E-state index < -0.39 is 0 Å². The molecule has 0 spiro atoms. The van der Waals surface area contributed by atoms with Gasteiger partial charge in [-0.15, -0.1) is 0 Å². The Morgan fingerprint density at radius 2 is 0.938 bits per heavy atom. The molecule has 0 radical (unpaired) electrons. The van der Waals surface area contributed by atoms with Crippen molar-refractivity contribution in [3.63, 3.8) is 0 Å². The summed E-state index contributed by atoms with van der Waals surface area (Å²) >= 11 is 0. The number of hydrogen-bond acceptors (Lipinski definition) is 4. The van der Waals surface area contributed by atoms with Gasteiger partial charge in [-0.3, -0.25) is 9.59 Å². The lowest BCUT2D eigenvalue weighted by Crippen LogP contribution is -2.12. The Bertz CT molecular complexity index is 1180. The third-order valence-electron chi connectivity index (χ3n) is 5.19. The van der Waals surface area contributed by atoms with E-state index in [-0.39, 0.29) is 11.8 Å². The SMILES string of the molecule is Cc1cc(C(=O)Nc2ccc(-c3ccc(NC(=O)c4cc(C)oc4C)cc3)cc2)c(C)o1. The number of benzene rings is 2. The lowest BCUT2D eigenvalue weighted by atomic mass is 10.0. The first-order valence-corrected chi connectivity index (χ1v) is 10.3. The number of aryl methyl sites for hydroxylation is 4. The molecule has 0 unspecified atom stereocenters. The molecular weight excluding hydrogens is 404 g/mol. The van der Waals surface area contributed by atoms with Crippen molar-refractivity contribution >= 4 is 23.2 Å². The van der Waals surface area contributed by atoms with E-state index in [1.54, 1.807) is 26.0 Å². The summed E-state index contributed by atoms with van der Waals surface area (Å²) in [5.41, 5.74) is 4.46. The van der Waals surface area contributed by atoms with Gasteiger partial charge in [-0.05, 0) is 75.2 Å². The van der Waals surface area contributed by atoms with E-state index in [4.69, 9.17) is 8.83 Å².